The Labute approximate surface area is 180 Å². The van der Waals surface area contributed by atoms with Crippen LogP contribution in [0.4, 0.5) is 4.79 Å². The van der Waals surface area contributed by atoms with Crippen LogP contribution in [0.25, 0.3) is 11.8 Å². The van der Waals surface area contributed by atoms with Crippen molar-refractivity contribution in [1.82, 2.24) is 14.8 Å². The van der Waals surface area contributed by atoms with E-state index in [4.69, 9.17) is 4.74 Å². The molecule has 0 unspecified atom stereocenters. The molecule has 3 rings (SSSR count). The highest BCUT2D eigenvalue weighted by molar-refractivity contribution is 6.02. The number of hydrogen-bond acceptors (Lipinski definition) is 5. The zero-order chi connectivity index (χ0) is 22.7. The standard InChI is InChI=1S/C23H24N4O4/c1-14-5-7-20(8-6-14)27-15(2)11-18(16(27)3)12-19(13-24)22(29)31-17(4)21(28)26-10-9-25-23(26)30/h5-8,11-12,17H,9-10H2,1-4H3,(H,25,30)/b19-12+/t17-/m0/s1. The summed E-state index contributed by atoms with van der Waals surface area (Å²) < 4.78 is 7.20. The van der Waals surface area contributed by atoms with Gasteiger partial charge in [-0.25, -0.2) is 9.59 Å². The van der Waals surface area contributed by atoms with Gasteiger partial charge in [-0.2, -0.15) is 5.26 Å². The number of aryl methyl sites for hydroxylation is 2. The molecule has 1 aromatic carbocycles. The fraction of sp³-hybridized carbons (Fsp3) is 0.304. The minimum atomic E-state index is -1.19. The third-order valence-electron chi connectivity index (χ3n) is 5.16. The molecule has 1 aliphatic heterocycles. The molecule has 8 nitrogen and oxygen atoms in total. The Morgan fingerprint density at radius 2 is 1.90 bits per heavy atom. The van der Waals surface area contributed by atoms with E-state index < -0.39 is 24.0 Å². The Morgan fingerprint density at radius 1 is 1.23 bits per heavy atom. The Balaban J connectivity index is 1.81. The number of urea groups is 1. The number of amides is 3. The monoisotopic (exact) mass is 420 g/mol. The number of nitriles is 1. The first-order valence-corrected chi connectivity index (χ1v) is 9.91. The SMILES string of the molecule is Cc1ccc(-n2c(C)cc(/C=C(\C#N)C(=O)O[C@@H](C)C(=O)N3CCNC3=O)c2C)cc1. The van der Waals surface area contributed by atoms with Gasteiger partial charge in [0.1, 0.15) is 11.6 Å². The smallest absolute Gasteiger partial charge is 0.349 e. The number of esters is 1. The summed E-state index contributed by atoms with van der Waals surface area (Å²) in [5.74, 6) is -1.54. The predicted molar refractivity (Wildman–Crippen MR) is 114 cm³/mol. The van der Waals surface area contributed by atoms with Gasteiger partial charge in [0, 0.05) is 30.2 Å². The van der Waals surface area contributed by atoms with Crippen molar-refractivity contribution in [1.29, 1.82) is 5.26 Å². The first kappa shape index (κ1) is 21.8. The van der Waals surface area contributed by atoms with Gasteiger partial charge in [-0.3, -0.25) is 9.69 Å². The van der Waals surface area contributed by atoms with Crippen LogP contribution in [0.5, 0.6) is 0 Å². The quantitative estimate of drug-likeness (QED) is 0.455. The van der Waals surface area contributed by atoms with Crippen molar-refractivity contribution in [2.75, 3.05) is 13.1 Å². The topological polar surface area (TPSA) is 104 Å². The van der Waals surface area contributed by atoms with Gasteiger partial charge in [0.2, 0.25) is 0 Å². The molecular formula is C23H24N4O4. The minimum absolute atomic E-state index is 0.214. The van der Waals surface area contributed by atoms with Crippen molar-refractivity contribution < 1.29 is 19.1 Å². The Bertz CT molecular complexity index is 1110. The third kappa shape index (κ3) is 4.51. The summed E-state index contributed by atoms with van der Waals surface area (Å²) in [6.45, 7) is 7.80. The number of aromatic nitrogens is 1. The fourth-order valence-corrected chi connectivity index (χ4v) is 3.49. The highest BCUT2D eigenvalue weighted by atomic mass is 16.5. The molecule has 1 atom stereocenters. The van der Waals surface area contributed by atoms with E-state index in [2.05, 4.69) is 5.32 Å². The summed E-state index contributed by atoms with van der Waals surface area (Å²) in [6.07, 6.45) is 0.267. The van der Waals surface area contributed by atoms with Crippen molar-refractivity contribution >= 4 is 24.0 Å². The summed E-state index contributed by atoms with van der Waals surface area (Å²) in [5, 5.41) is 12.0. The fourth-order valence-electron chi connectivity index (χ4n) is 3.49. The van der Waals surface area contributed by atoms with E-state index >= 15 is 0 Å². The molecule has 1 fully saturated rings. The number of hydrogen-bond donors (Lipinski definition) is 1. The molecule has 0 spiro atoms. The maximum atomic E-state index is 12.5. The Kier molecular flexibility index (Phi) is 6.25. The van der Waals surface area contributed by atoms with Crippen LogP contribution in [0.3, 0.4) is 0 Å². The van der Waals surface area contributed by atoms with Crippen LogP contribution >= 0.6 is 0 Å². The lowest BCUT2D eigenvalue weighted by molar-refractivity contribution is -0.153. The average Bonchev–Trinajstić information content (AvgIpc) is 3.28. The van der Waals surface area contributed by atoms with E-state index in [1.165, 1.54) is 13.0 Å². The predicted octanol–water partition coefficient (Wildman–Crippen LogP) is 2.79. The highest BCUT2D eigenvalue weighted by Crippen LogP contribution is 2.23. The van der Waals surface area contributed by atoms with Crippen molar-refractivity contribution in [3.05, 3.63) is 58.4 Å². The summed E-state index contributed by atoms with van der Waals surface area (Å²) in [5.41, 5.74) is 4.40. The van der Waals surface area contributed by atoms with E-state index in [1.807, 2.05) is 61.7 Å². The van der Waals surface area contributed by atoms with Gasteiger partial charge in [0.05, 0.1) is 0 Å². The van der Waals surface area contributed by atoms with E-state index in [0.29, 0.717) is 12.1 Å². The van der Waals surface area contributed by atoms with E-state index in [9.17, 15) is 19.6 Å². The molecule has 1 N–H and O–H groups in total. The lowest BCUT2D eigenvalue weighted by Gasteiger charge is -2.17. The van der Waals surface area contributed by atoms with Crippen LogP contribution in [-0.4, -0.2) is 46.6 Å². The summed E-state index contributed by atoms with van der Waals surface area (Å²) in [4.78, 5) is 37.5. The maximum Gasteiger partial charge on any atom is 0.349 e. The molecular weight excluding hydrogens is 396 g/mol. The molecule has 160 valence electrons. The van der Waals surface area contributed by atoms with Gasteiger partial charge in [0.25, 0.3) is 5.91 Å². The second kappa shape index (κ2) is 8.88. The summed E-state index contributed by atoms with van der Waals surface area (Å²) >= 11 is 0. The molecule has 8 heteroatoms. The number of nitrogens with one attached hydrogen (secondary N) is 1. The number of carbonyl (C=O) groups is 3. The molecule has 0 aliphatic carbocycles. The first-order valence-electron chi connectivity index (χ1n) is 9.91. The molecule has 3 amide bonds. The van der Waals surface area contributed by atoms with Crippen LogP contribution in [-0.2, 0) is 14.3 Å². The van der Waals surface area contributed by atoms with Crippen molar-refractivity contribution in [3.8, 4) is 11.8 Å². The Hall–Kier alpha value is -3.86. The largest absolute Gasteiger partial charge is 0.448 e. The molecule has 1 aliphatic rings. The lowest BCUT2D eigenvalue weighted by Crippen LogP contribution is -2.41. The van der Waals surface area contributed by atoms with Crippen LogP contribution in [0, 0.1) is 32.1 Å². The highest BCUT2D eigenvalue weighted by Gasteiger charge is 2.32. The summed E-state index contributed by atoms with van der Waals surface area (Å²) in [6, 6.07) is 11.2. The lowest BCUT2D eigenvalue weighted by atomic mass is 10.1. The zero-order valence-corrected chi connectivity index (χ0v) is 17.9. The van der Waals surface area contributed by atoms with Crippen molar-refractivity contribution in [2.24, 2.45) is 0 Å². The molecule has 0 radical (unpaired) electrons. The van der Waals surface area contributed by atoms with E-state index in [0.717, 1.165) is 27.5 Å². The van der Waals surface area contributed by atoms with E-state index in [1.54, 1.807) is 0 Å². The first-order chi connectivity index (χ1) is 14.7. The Morgan fingerprint density at radius 3 is 2.48 bits per heavy atom. The molecule has 2 aromatic rings. The second-order valence-electron chi connectivity index (χ2n) is 7.44. The van der Waals surface area contributed by atoms with Crippen molar-refractivity contribution in [3.63, 3.8) is 0 Å². The molecule has 2 heterocycles. The van der Waals surface area contributed by atoms with Crippen LogP contribution in [0.15, 0.2) is 35.9 Å². The molecule has 0 saturated carbocycles. The number of benzene rings is 1. The summed E-state index contributed by atoms with van der Waals surface area (Å²) in [7, 11) is 0. The van der Waals surface area contributed by atoms with Crippen LogP contribution in [0.2, 0.25) is 0 Å². The molecule has 0 bridgehead atoms. The zero-order valence-electron chi connectivity index (χ0n) is 17.9. The van der Waals surface area contributed by atoms with Gasteiger partial charge in [-0.15, -0.1) is 0 Å². The maximum absolute atomic E-state index is 12.5. The van der Waals surface area contributed by atoms with Crippen LogP contribution in [0.1, 0.15) is 29.4 Å². The number of rotatable bonds is 5. The number of imide groups is 1. The number of carbonyl (C=O) groups excluding carboxylic acids is 3. The second-order valence-corrected chi connectivity index (χ2v) is 7.44. The molecule has 1 aromatic heterocycles. The van der Waals surface area contributed by atoms with Gasteiger partial charge in [0.15, 0.2) is 6.10 Å². The van der Waals surface area contributed by atoms with Gasteiger partial charge < -0.3 is 14.6 Å². The molecule has 31 heavy (non-hydrogen) atoms. The van der Waals surface area contributed by atoms with Crippen LogP contribution < -0.4 is 5.32 Å². The number of ether oxygens (including phenoxy) is 1. The van der Waals surface area contributed by atoms with Gasteiger partial charge in [-0.05, 0) is 57.5 Å². The third-order valence-corrected chi connectivity index (χ3v) is 5.16. The van der Waals surface area contributed by atoms with Gasteiger partial charge in [-0.1, -0.05) is 17.7 Å². The van der Waals surface area contributed by atoms with Gasteiger partial charge >= 0.3 is 12.0 Å². The minimum Gasteiger partial charge on any atom is -0.448 e. The molecule has 1 saturated heterocycles. The average molecular weight is 420 g/mol. The van der Waals surface area contributed by atoms with Crippen molar-refractivity contribution in [2.45, 2.75) is 33.8 Å². The normalized spacial score (nSPS) is 14.7. The van der Waals surface area contributed by atoms with E-state index in [-0.39, 0.29) is 12.1 Å². The number of nitrogens with zero attached hydrogens (tertiary/aromatic N) is 3.